The summed E-state index contributed by atoms with van der Waals surface area (Å²) in [6, 6.07) is -0.537. The summed E-state index contributed by atoms with van der Waals surface area (Å²) < 4.78 is 5.10. The van der Waals surface area contributed by atoms with Crippen LogP contribution in [-0.2, 0) is 9.53 Å². The van der Waals surface area contributed by atoms with Gasteiger partial charge in [-0.05, 0) is 25.3 Å². The molecular weight excluding hydrogens is 196 g/mol. The summed E-state index contributed by atoms with van der Waals surface area (Å²) in [6.07, 6.45) is 2.14. The lowest BCUT2D eigenvalue weighted by Crippen LogP contribution is -2.50. The van der Waals surface area contributed by atoms with Crippen LogP contribution >= 0.6 is 0 Å². The zero-order chi connectivity index (χ0) is 11.3. The molecule has 0 aromatic heterocycles. The number of nitrogens with zero attached hydrogens (tertiary/aromatic N) is 1. The molecule has 15 heavy (non-hydrogen) atoms. The van der Waals surface area contributed by atoms with Crippen molar-refractivity contribution in [3.05, 3.63) is 0 Å². The molecule has 0 bridgehead atoms. The van der Waals surface area contributed by atoms with Crippen molar-refractivity contribution in [2.45, 2.75) is 18.9 Å². The number of piperidine rings is 1. The number of carboxylic acids is 1. The Labute approximate surface area is 90.2 Å². The fourth-order valence-corrected chi connectivity index (χ4v) is 2.16. The first-order valence-corrected chi connectivity index (χ1v) is 5.35. The number of nitrogens with two attached hydrogens (primary N) is 1. The first-order valence-electron chi connectivity index (χ1n) is 5.35. The minimum atomic E-state index is -0.824. The summed E-state index contributed by atoms with van der Waals surface area (Å²) in [5, 5.41) is 8.99. The first-order chi connectivity index (χ1) is 7.19. The Kier molecular flexibility index (Phi) is 5.01. The highest BCUT2D eigenvalue weighted by molar-refractivity contribution is 5.73. The molecule has 1 rings (SSSR count). The summed E-state index contributed by atoms with van der Waals surface area (Å²) in [4.78, 5) is 12.9. The van der Waals surface area contributed by atoms with Gasteiger partial charge >= 0.3 is 5.97 Å². The van der Waals surface area contributed by atoms with Crippen molar-refractivity contribution in [2.24, 2.45) is 11.7 Å². The van der Waals surface area contributed by atoms with Crippen LogP contribution in [0.15, 0.2) is 0 Å². The van der Waals surface area contributed by atoms with Crippen molar-refractivity contribution in [1.82, 2.24) is 4.90 Å². The summed E-state index contributed by atoms with van der Waals surface area (Å²) >= 11 is 0. The monoisotopic (exact) mass is 216 g/mol. The quantitative estimate of drug-likeness (QED) is 0.663. The molecule has 1 fully saturated rings. The van der Waals surface area contributed by atoms with Crippen LogP contribution in [0, 0.1) is 5.92 Å². The number of carbonyl (C=O) groups is 1. The van der Waals surface area contributed by atoms with Crippen LogP contribution in [-0.4, -0.2) is 55.4 Å². The zero-order valence-corrected chi connectivity index (χ0v) is 9.19. The molecule has 2 atom stereocenters. The third kappa shape index (κ3) is 3.44. The molecule has 0 spiro atoms. The Morgan fingerprint density at radius 1 is 1.73 bits per heavy atom. The van der Waals surface area contributed by atoms with Crippen LogP contribution in [0.3, 0.4) is 0 Å². The number of methoxy groups -OCH3 is 1. The van der Waals surface area contributed by atoms with Gasteiger partial charge < -0.3 is 15.6 Å². The molecule has 5 heteroatoms. The first kappa shape index (κ1) is 12.4. The third-order valence-corrected chi connectivity index (χ3v) is 2.90. The highest BCUT2D eigenvalue weighted by atomic mass is 16.5. The molecule has 5 nitrogen and oxygen atoms in total. The van der Waals surface area contributed by atoms with E-state index in [1.54, 1.807) is 7.11 Å². The van der Waals surface area contributed by atoms with Gasteiger partial charge in [0.25, 0.3) is 0 Å². The SMILES string of the molecule is COCC1CCCN(C(CN)C(=O)O)C1. The topological polar surface area (TPSA) is 75.8 Å². The molecule has 1 saturated heterocycles. The number of likely N-dealkylation sites (tertiary alicyclic amines) is 1. The smallest absolute Gasteiger partial charge is 0.322 e. The number of rotatable bonds is 5. The van der Waals surface area contributed by atoms with Crippen molar-refractivity contribution < 1.29 is 14.6 Å². The van der Waals surface area contributed by atoms with Gasteiger partial charge in [0, 0.05) is 20.2 Å². The second kappa shape index (κ2) is 6.05. The van der Waals surface area contributed by atoms with Crippen LogP contribution in [0.4, 0.5) is 0 Å². The predicted molar refractivity (Wildman–Crippen MR) is 56.7 cm³/mol. The van der Waals surface area contributed by atoms with E-state index in [9.17, 15) is 4.79 Å². The molecule has 0 aromatic rings. The average Bonchev–Trinajstić information content (AvgIpc) is 2.19. The molecule has 3 N–H and O–H groups in total. The summed E-state index contributed by atoms with van der Waals surface area (Å²) in [6.45, 7) is 2.48. The molecule has 1 aliphatic rings. The second-order valence-electron chi connectivity index (χ2n) is 4.05. The van der Waals surface area contributed by atoms with Gasteiger partial charge in [-0.2, -0.15) is 0 Å². The molecule has 88 valence electrons. The van der Waals surface area contributed by atoms with E-state index in [-0.39, 0.29) is 6.54 Å². The van der Waals surface area contributed by atoms with E-state index in [0.717, 1.165) is 25.9 Å². The van der Waals surface area contributed by atoms with Crippen LogP contribution in [0.1, 0.15) is 12.8 Å². The van der Waals surface area contributed by atoms with Gasteiger partial charge in [-0.15, -0.1) is 0 Å². The minimum Gasteiger partial charge on any atom is -0.480 e. The van der Waals surface area contributed by atoms with E-state index in [1.807, 2.05) is 4.90 Å². The average molecular weight is 216 g/mol. The minimum absolute atomic E-state index is 0.176. The van der Waals surface area contributed by atoms with Gasteiger partial charge in [0.2, 0.25) is 0 Å². The van der Waals surface area contributed by atoms with Gasteiger partial charge in [0.05, 0.1) is 6.61 Å². The van der Waals surface area contributed by atoms with Crippen LogP contribution in [0.25, 0.3) is 0 Å². The Balaban J connectivity index is 2.50. The number of carboxylic acid groups (broad SMARTS) is 1. The number of hydrogen-bond donors (Lipinski definition) is 2. The molecule has 0 aliphatic carbocycles. The Hall–Kier alpha value is -0.650. The van der Waals surface area contributed by atoms with E-state index < -0.39 is 12.0 Å². The Bertz CT molecular complexity index is 209. The van der Waals surface area contributed by atoms with Gasteiger partial charge in [-0.1, -0.05) is 0 Å². The Morgan fingerprint density at radius 3 is 3.00 bits per heavy atom. The molecule has 0 amide bonds. The maximum atomic E-state index is 10.9. The fourth-order valence-electron chi connectivity index (χ4n) is 2.16. The van der Waals surface area contributed by atoms with E-state index in [2.05, 4.69) is 0 Å². The van der Waals surface area contributed by atoms with Crippen LogP contribution in [0.5, 0.6) is 0 Å². The van der Waals surface area contributed by atoms with E-state index >= 15 is 0 Å². The van der Waals surface area contributed by atoms with Crippen molar-refractivity contribution in [3.63, 3.8) is 0 Å². The van der Waals surface area contributed by atoms with Gasteiger partial charge in [0.1, 0.15) is 6.04 Å². The maximum absolute atomic E-state index is 10.9. The van der Waals surface area contributed by atoms with Crippen molar-refractivity contribution >= 4 is 5.97 Å². The summed E-state index contributed by atoms with van der Waals surface area (Å²) in [7, 11) is 1.68. The van der Waals surface area contributed by atoms with E-state index in [1.165, 1.54) is 0 Å². The lowest BCUT2D eigenvalue weighted by Gasteiger charge is -2.35. The van der Waals surface area contributed by atoms with Gasteiger partial charge in [-0.25, -0.2) is 0 Å². The zero-order valence-electron chi connectivity index (χ0n) is 9.19. The molecular formula is C10H20N2O3. The maximum Gasteiger partial charge on any atom is 0.322 e. The molecule has 1 aliphatic heterocycles. The third-order valence-electron chi connectivity index (χ3n) is 2.90. The second-order valence-corrected chi connectivity index (χ2v) is 4.05. The van der Waals surface area contributed by atoms with E-state index in [0.29, 0.717) is 12.5 Å². The van der Waals surface area contributed by atoms with Gasteiger partial charge in [0.15, 0.2) is 0 Å². The van der Waals surface area contributed by atoms with Crippen LogP contribution in [0.2, 0.25) is 0 Å². The number of hydrogen-bond acceptors (Lipinski definition) is 4. The summed E-state index contributed by atoms with van der Waals surface area (Å²) in [5.74, 6) is -0.382. The molecule has 0 saturated carbocycles. The van der Waals surface area contributed by atoms with Crippen LogP contribution < -0.4 is 5.73 Å². The number of ether oxygens (including phenoxy) is 1. The normalized spacial score (nSPS) is 25.1. The largest absolute Gasteiger partial charge is 0.480 e. The van der Waals surface area contributed by atoms with Gasteiger partial charge in [-0.3, -0.25) is 9.69 Å². The predicted octanol–water partition coefficient (Wildman–Crippen LogP) is -0.243. The van der Waals surface area contributed by atoms with E-state index in [4.69, 9.17) is 15.6 Å². The highest BCUT2D eigenvalue weighted by Crippen LogP contribution is 2.18. The lowest BCUT2D eigenvalue weighted by atomic mass is 9.97. The van der Waals surface area contributed by atoms with Crippen molar-refractivity contribution in [1.29, 1.82) is 0 Å². The van der Waals surface area contributed by atoms with Crippen molar-refractivity contribution in [3.8, 4) is 0 Å². The molecule has 1 heterocycles. The highest BCUT2D eigenvalue weighted by Gasteiger charge is 2.29. The summed E-state index contributed by atoms with van der Waals surface area (Å²) in [5.41, 5.74) is 5.47. The molecule has 0 radical (unpaired) electrons. The van der Waals surface area contributed by atoms with Crippen molar-refractivity contribution in [2.75, 3.05) is 33.4 Å². The molecule has 0 aromatic carbocycles. The fraction of sp³-hybridized carbons (Fsp3) is 0.900. The lowest BCUT2D eigenvalue weighted by molar-refractivity contribution is -0.143. The molecule has 2 unspecified atom stereocenters. The standard InChI is InChI=1S/C10H20N2O3/c1-15-7-8-3-2-4-12(6-8)9(5-11)10(13)14/h8-9H,2-7,11H2,1H3,(H,13,14). The number of aliphatic carboxylic acids is 1. The Morgan fingerprint density at radius 2 is 2.47 bits per heavy atom.